The Hall–Kier alpha value is -0.483. The Bertz CT molecular complexity index is 446. The quantitative estimate of drug-likeness (QED) is 0.482. The molecule has 0 bridgehead atoms. The Balaban J connectivity index is 0.000000529. The van der Waals surface area contributed by atoms with Gasteiger partial charge in [0.15, 0.2) is 5.52 Å². The summed E-state index contributed by atoms with van der Waals surface area (Å²) in [5, 5.41) is 0. The van der Waals surface area contributed by atoms with Crippen LogP contribution >= 0.6 is 9.24 Å². The fourth-order valence-electron chi connectivity index (χ4n) is 2.60. The molecule has 1 unspecified atom stereocenters. The maximum Gasteiger partial charge on any atom is 1.00 e. The molecule has 118 valence electrons. The van der Waals surface area contributed by atoms with Crippen LogP contribution in [0.4, 0.5) is 0 Å². The number of ether oxygens (including phenoxy) is 2. The van der Waals surface area contributed by atoms with Gasteiger partial charge >= 0.3 is 18.9 Å². The van der Waals surface area contributed by atoms with Crippen molar-refractivity contribution in [2.24, 2.45) is 0 Å². The molecule has 0 heterocycles. The average Bonchev–Trinajstić information content (AvgIpc) is 2.49. The van der Waals surface area contributed by atoms with Crippen molar-refractivity contribution in [3.8, 4) is 11.5 Å². The summed E-state index contributed by atoms with van der Waals surface area (Å²) in [5.41, 5.74) is 2.22. The molecule has 1 atom stereocenters. The SMILES string of the molecule is COc1c(C)cc(C)c(OC)c1C(=O)P.[CH-]1CCCCC1.[Li+]. The van der Waals surface area contributed by atoms with Crippen LogP contribution in [0, 0.1) is 20.3 Å². The fraction of sp³-hybridized carbons (Fsp3) is 0.529. The van der Waals surface area contributed by atoms with Crippen LogP contribution in [0.25, 0.3) is 0 Å². The van der Waals surface area contributed by atoms with Gasteiger partial charge in [-0.2, -0.15) is 12.8 Å². The van der Waals surface area contributed by atoms with Crippen LogP contribution < -0.4 is 28.3 Å². The van der Waals surface area contributed by atoms with Crippen LogP contribution in [0.2, 0.25) is 0 Å². The Labute approximate surface area is 148 Å². The molecule has 22 heavy (non-hydrogen) atoms. The number of methoxy groups -OCH3 is 2. The van der Waals surface area contributed by atoms with Gasteiger partial charge in [-0.25, -0.2) is 0 Å². The molecule has 0 amide bonds. The first-order valence-electron chi connectivity index (χ1n) is 7.36. The molecule has 0 aromatic heterocycles. The first-order valence-corrected chi connectivity index (χ1v) is 7.94. The largest absolute Gasteiger partial charge is 1.00 e. The third-order valence-corrected chi connectivity index (χ3v) is 3.86. The van der Waals surface area contributed by atoms with Crippen LogP contribution in [0.5, 0.6) is 11.5 Å². The minimum Gasteiger partial charge on any atom is -0.496 e. The second-order valence-electron chi connectivity index (χ2n) is 5.24. The molecule has 3 nitrogen and oxygen atoms in total. The second-order valence-corrected chi connectivity index (χ2v) is 5.77. The molecular formula is C17H26LiO3P. The molecule has 1 aliphatic rings. The molecule has 5 heteroatoms. The second kappa shape index (κ2) is 11.1. The van der Waals surface area contributed by atoms with Crippen molar-refractivity contribution >= 4 is 14.8 Å². The van der Waals surface area contributed by atoms with E-state index in [0.29, 0.717) is 17.1 Å². The molecule has 0 radical (unpaired) electrons. The summed E-state index contributed by atoms with van der Waals surface area (Å²) in [7, 11) is 5.24. The van der Waals surface area contributed by atoms with Gasteiger partial charge < -0.3 is 15.9 Å². The first kappa shape index (κ1) is 21.5. The summed E-state index contributed by atoms with van der Waals surface area (Å²) in [4.78, 5) is 11.5. The molecule has 1 aromatic carbocycles. The predicted octanol–water partition coefficient (Wildman–Crippen LogP) is 1.49. The Morgan fingerprint density at radius 3 is 1.73 bits per heavy atom. The minimum absolute atomic E-state index is 0. The Kier molecular flexibility index (Phi) is 10.9. The number of benzene rings is 1. The first-order chi connectivity index (χ1) is 10.0. The van der Waals surface area contributed by atoms with E-state index in [1.165, 1.54) is 32.1 Å². The Morgan fingerprint density at radius 2 is 1.50 bits per heavy atom. The van der Waals surface area contributed by atoms with Crippen molar-refractivity contribution in [2.45, 2.75) is 46.0 Å². The van der Waals surface area contributed by atoms with Crippen molar-refractivity contribution in [1.82, 2.24) is 0 Å². The molecule has 0 aliphatic heterocycles. The van der Waals surface area contributed by atoms with Gasteiger partial charge in [-0.3, -0.25) is 4.79 Å². The number of carbonyl (C=O) groups excluding carboxylic acids is 1. The molecule has 0 saturated heterocycles. The van der Waals surface area contributed by atoms with E-state index in [0.717, 1.165) is 11.1 Å². The van der Waals surface area contributed by atoms with E-state index in [4.69, 9.17) is 9.47 Å². The summed E-state index contributed by atoms with van der Waals surface area (Å²) in [6, 6.07) is 1.94. The van der Waals surface area contributed by atoms with Crippen molar-refractivity contribution in [2.75, 3.05) is 14.2 Å². The van der Waals surface area contributed by atoms with Gasteiger partial charge in [-0.15, -0.1) is 0 Å². The Morgan fingerprint density at radius 1 is 1.05 bits per heavy atom. The average molecular weight is 316 g/mol. The van der Waals surface area contributed by atoms with Crippen molar-refractivity contribution < 1.29 is 33.1 Å². The smallest absolute Gasteiger partial charge is 0.496 e. The number of aryl methyl sites for hydroxylation is 2. The summed E-state index contributed by atoms with van der Waals surface area (Å²) in [6.45, 7) is 3.81. The van der Waals surface area contributed by atoms with Crippen LogP contribution in [0.1, 0.15) is 53.6 Å². The maximum absolute atomic E-state index is 11.5. The molecule has 1 saturated carbocycles. The van der Waals surface area contributed by atoms with Gasteiger partial charge in [0.2, 0.25) is 0 Å². The van der Waals surface area contributed by atoms with E-state index in [1.54, 1.807) is 14.2 Å². The maximum atomic E-state index is 11.5. The normalized spacial score (nSPS) is 13.3. The minimum atomic E-state index is -0.129. The molecule has 1 aliphatic carbocycles. The van der Waals surface area contributed by atoms with Gasteiger partial charge in [0.25, 0.3) is 0 Å². The summed E-state index contributed by atoms with van der Waals surface area (Å²) >= 11 is 0. The van der Waals surface area contributed by atoms with E-state index in [2.05, 4.69) is 15.7 Å². The summed E-state index contributed by atoms with van der Waals surface area (Å²) < 4.78 is 10.4. The number of carbonyl (C=O) groups is 1. The van der Waals surface area contributed by atoms with E-state index in [9.17, 15) is 4.79 Å². The van der Waals surface area contributed by atoms with Crippen molar-refractivity contribution in [3.63, 3.8) is 0 Å². The zero-order chi connectivity index (χ0) is 15.8. The van der Waals surface area contributed by atoms with Gasteiger partial charge in [0.05, 0.1) is 14.2 Å². The molecular weight excluding hydrogens is 290 g/mol. The topological polar surface area (TPSA) is 35.5 Å². The van der Waals surface area contributed by atoms with Crippen molar-refractivity contribution in [1.29, 1.82) is 0 Å². The predicted molar refractivity (Wildman–Crippen MR) is 90.4 cm³/mol. The molecule has 2 rings (SSSR count). The van der Waals surface area contributed by atoms with E-state index < -0.39 is 0 Å². The molecule has 1 aromatic rings. The van der Waals surface area contributed by atoms with Crippen molar-refractivity contribution in [3.05, 3.63) is 29.2 Å². The van der Waals surface area contributed by atoms with Gasteiger partial charge in [0.1, 0.15) is 17.1 Å². The summed E-state index contributed by atoms with van der Waals surface area (Å²) in [5.74, 6) is 1.16. The zero-order valence-electron chi connectivity index (χ0n) is 14.5. The number of rotatable bonds is 3. The van der Waals surface area contributed by atoms with Gasteiger partial charge in [0, 0.05) is 0 Å². The molecule has 0 N–H and O–H groups in total. The third kappa shape index (κ3) is 5.96. The van der Waals surface area contributed by atoms with Crippen LogP contribution in [-0.2, 0) is 0 Å². The number of hydrogen-bond acceptors (Lipinski definition) is 3. The van der Waals surface area contributed by atoms with Crippen LogP contribution in [0.3, 0.4) is 0 Å². The fourth-order valence-corrected chi connectivity index (χ4v) is 2.86. The van der Waals surface area contributed by atoms with E-state index in [-0.39, 0.29) is 24.4 Å². The van der Waals surface area contributed by atoms with E-state index in [1.807, 2.05) is 19.9 Å². The number of hydrogen-bond donors (Lipinski definition) is 0. The van der Waals surface area contributed by atoms with Crippen LogP contribution in [0.15, 0.2) is 6.07 Å². The summed E-state index contributed by atoms with van der Waals surface area (Å²) in [6.07, 6.45) is 9.50. The molecule has 1 fully saturated rings. The standard InChI is InChI=1S/C11H15O3P.C6H11.Li/c1-6-5-7(2)10(14-4)8(11(12)15)9(6)13-3;1-2-4-6-5-3-1;/h5H,15H2,1-4H3;1H,2-6H2;/q;-1;+1. The zero-order valence-corrected chi connectivity index (χ0v) is 15.6. The molecule has 0 spiro atoms. The third-order valence-electron chi connectivity index (χ3n) is 3.57. The van der Waals surface area contributed by atoms with E-state index >= 15 is 0 Å². The van der Waals surface area contributed by atoms with Crippen LogP contribution in [-0.4, -0.2) is 19.7 Å². The van der Waals surface area contributed by atoms with Gasteiger partial charge in [-0.1, -0.05) is 28.5 Å². The van der Waals surface area contributed by atoms with Gasteiger partial charge in [-0.05, 0) is 31.0 Å². The monoisotopic (exact) mass is 316 g/mol.